The fourth-order valence-corrected chi connectivity index (χ4v) is 4.28. The van der Waals surface area contributed by atoms with E-state index >= 15 is 0 Å². The number of hydrogen-bond donors (Lipinski definition) is 1. The number of rotatable bonds is 4. The zero-order valence-corrected chi connectivity index (χ0v) is 16.2. The molecule has 1 aliphatic heterocycles. The summed E-state index contributed by atoms with van der Waals surface area (Å²) in [5.74, 6) is 2.82. The molecular formula is C22H17N3O3S. The number of carbonyl (C=O) groups excluding carboxylic acids is 2. The first-order chi connectivity index (χ1) is 14.2. The number of carbonyl (C=O) groups is 2. The molecule has 5 rings (SSSR count). The van der Waals surface area contributed by atoms with E-state index < -0.39 is 0 Å². The molecule has 0 aliphatic carbocycles. The second-order valence-electron chi connectivity index (χ2n) is 6.78. The Morgan fingerprint density at radius 2 is 1.90 bits per heavy atom. The molecule has 2 aromatic carbocycles. The Morgan fingerprint density at radius 1 is 1.03 bits per heavy atom. The first-order valence-electron chi connectivity index (χ1n) is 9.26. The number of benzene rings is 2. The number of fused-ring (bicyclic) bond motifs is 1. The topological polar surface area (TPSA) is 79.2 Å². The number of thioether (sulfide) groups is 1. The standard InChI is InChI=1S/C22H17N3O3S/c26-20(14-4-2-1-3-5-14)15-6-7-16-17(12-15)24-21(23-16)18-8-9-19(28-18)22(27)25-10-11-29-13-25/h1-9,12H,10-11,13H2,(H,23,24). The molecule has 1 aliphatic rings. The molecule has 6 nitrogen and oxygen atoms in total. The van der Waals surface area contributed by atoms with Gasteiger partial charge in [-0.05, 0) is 30.3 Å². The first kappa shape index (κ1) is 17.8. The van der Waals surface area contributed by atoms with Gasteiger partial charge in [0.15, 0.2) is 23.1 Å². The van der Waals surface area contributed by atoms with Crippen LogP contribution in [0, 0.1) is 0 Å². The highest BCUT2D eigenvalue weighted by Gasteiger charge is 2.23. The van der Waals surface area contributed by atoms with E-state index in [1.165, 1.54) is 0 Å². The van der Waals surface area contributed by atoms with Crippen LogP contribution < -0.4 is 0 Å². The van der Waals surface area contributed by atoms with Crippen molar-refractivity contribution in [3.63, 3.8) is 0 Å². The summed E-state index contributed by atoms with van der Waals surface area (Å²) in [6.07, 6.45) is 0. The fourth-order valence-electron chi connectivity index (χ4n) is 3.33. The maximum Gasteiger partial charge on any atom is 0.290 e. The number of hydrogen-bond acceptors (Lipinski definition) is 5. The molecule has 0 bridgehead atoms. The molecule has 1 saturated heterocycles. The Kier molecular flexibility index (Phi) is 4.44. The van der Waals surface area contributed by atoms with Crippen LogP contribution in [-0.2, 0) is 0 Å². The Labute approximate surface area is 170 Å². The van der Waals surface area contributed by atoms with Gasteiger partial charge in [0.2, 0.25) is 0 Å². The average Bonchev–Trinajstić information content (AvgIpc) is 3.53. The number of nitrogens with zero attached hydrogens (tertiary/aromatic N) is 2. The van der Waals surface area contributed by atoms with Crippen LogP contribution in [0.25, 0.3) is 22.6 Å². The van der Waals surface area contributed by atoms with Crippen LogP contribution in [0.4, 0.5) is 0 Å². The highest BCUT2D eigenvalue weighted by Crippen LogP contribution is 2.25. The molecule has 0 radical (unpaired) electrons. The largest absolute Gasteiger partial charge is 0.448 e. The van der Waals surface area contributed by atoms with Crippen LogP contribution >= 0.6 is 11.8 Å². The third-order valence-electron chi connectivity index (χ3n) is 4.87. The van der Waals surface area contributed by atoms with Gasteiger partial charge in [0.1, 0.15) is 0 Å². The highest BCUT2D eigenvalue weighted by atomic mass is 32.2. The molecule has 0 atom stereocenters. The Morgan fingerprint density at radius 3 is 2.69 bits per heavy atom. The number of imidazole rings is 1. The van der Waals surface area contributed by atoms with Crippen molar-refractivity contribution in [2.75, 3.05) is 18.2 Å². The van der Waals surface area contributed by atoms with Crippen LogP contribution in [-0.4, -0.2) is 44.7 Å². The van der Waals surface area contributed by atoms with Crippen molar-refractivity contribution in [3.05, 3.63) is 77.6 Å². The molecule has 1 fully saturated rings. The van der Waals surface area contributed by atoms with Crippen molar-refractivity contribution in [1.82, 2.24) is 14.9 Å². The first-order valence-corrected chi connectivity index (χ1v) is 10.4. The molecule has 0 saturated carbocycles. The summed E-state index contributed by atoms with van der Waals surface area (Å²) < 4.78 is 5.76. The molecule has 1 amide bonds. The maximum atomic E-state index is 12.7. The molecule has 0 spiro atoms. The van der Waals surface area contributed by atoms with E-state index in [4.69, 9.17) is 4.42 Å². The molecule has 3 heterocycles. The van der Waals surface area contributed by atoms with Crippen LogP contribution in [0.5, 0.6) is 0 Å². The number of amides is 1. The maximum absolute atomic E-state index is 12.7. The van der Waals surface area contributed by atoms with Gasteiger partial charge in [-0.15, -0.1) is 11.8 Å². The van der Waals surface area contributed by atoms with E-state index in [-0.39, 0.29) is 11.7 Å². The summed E-state index contributed by atoms with van der Waals surface area (Å²) in [5.41, 5.74) is 2.69. The minimum absolute atomic E-state index is 0.0435. The van der Waals surface area contributed by atoms with Crippen LogP contribution in [0.1, 0.15) is 26.5 Å². The molecule has 0 unspecified atom stereocenters. The second-order valence-corrected chi connectivity index (χ2v) is 7.86. The van der Waals surface area contributed by atoms with Gasteiger partial charge in [0.25, 0.3) is 5.91 Å². The molecule has 4 aromatic rings. The van der Waals surface area contributed by atoms with E-state index in [1.54, 1.807) is 53.1 Å². The van der Waals surface area contributed by atoms with Gasteiger partial charge in [-0.25, -0.2) is 4.98 Å². The van der Waals surface area contributed by atoms with E-state index in [2.05, 4.69) is 9.97 Å². The smallest absolute Gasteiger partial charge is 0.290 e. The van der Waals surface area contributed by atoms with Crippen molar-refractivity contribution in [3.8, 4) is 11.6 Å². The Hall–Kier alpha value is -3.32. The normalized spacial score (nSPS) is 13.9. The Bertz CT molecular complexity index is 1210. The van der Waals surface area contributed by atoms with Gasteiger partial charge in [-0.2, -0.15) is 0 Å². The van der Waals surface area contributed by atoms with Crippen molar-refractivity contribution in [2.45, 2.75) is 0 Å². The summed E-state index contributed by atoms with van der Waals surface area (Å²) in [4.78, 5) is 34.6. The number of ketones is 1. The summed E-state index contributed by atoms with van der Waals surface area (Å²) in [6.45, 7) is 0.738. The summed E-state index contributed by atoms with van der Waals surface area (Å²) in [6, 6.07) is 17.9. The molecular weight excluding hydrogens is 386 g/mol. The quantitative estimate of drug-likeness (QED) is 0.517. The van der Waals surface area contributed by atoms with Gasteiger partial charge in [-0.1, -0.05) is 30.3 Å². The molecule has 1 N–H and O–H groups in total. The third kappa shape index (κ3) is 3.34. The molecule has 7 heteroatoms. The summed E-state index contributed by atoms with van der Waals surface area (Å²) in [5, 5.41) is 0. The predicted octanol–water partition coefficient (Wildman–Crippen LogP) is 4.20. The molecule has 29 heavy (non-hydrogen) atoms. The number of nitrogens with one attached hydrogen (secondary N) is 1. The summed E-state index contributed by atoms with van der Waals surface area (Å²) >= 11 is 1.73. The average molecular weight is 403 g/mol. The number of aromatic nitrogens is 2. The van der Waals surface area contributed by atoms with Crippen LogP contribution in [0.15, 0.2) is 65.1 Å². The van der Waals surface area contributed by atoms with E-state index in [0.717, 1.165) is 23.3 Å². The van der Waals surface area contributed by atoms with Crippen LogP contribution in [0.3, 0.4) is 0 Å². The summed E-state index contributed by atoms with van der Waals surface area (Å²) in [7, 11) is 0. The zero-order valence-electron chi connectivity index (χ0n) is 15.4. The molecule has 144 valence electrons. The lowest BCUT2D eigenvalue weighted by atomic mass is 10.0. The van der Waals surface area contributed by atoms with Crippen molar-refractivity contribution in [1.29, 1.82) is 0 Å². The van der Waals surface area contributed by atoms with Gasteiger partial charge in [-0.3, -0.25) is 9.59 Å². The van der Waals surface area contributed by atoms with Gasteiger partial charge < -0.3 is 14.3 Å². The van der Waals surface area contributed by atoms with E-state index in [1.807, 2.05) is 24.3 Å². The third-order valence-corrected chi connectivity index (χ3v) is 5.84. The van der Waals surface area contributed by atoms with Crippen molar-refractivity contribution in [2.24, 2.45) is 0 Å². The lowest BCUT2D eigenvalue weighted by Gasteiger charge is -2.11. The van der Waals surface area contributed by atoms with Crippen molar-refractivity contribution < 1.29 is 14.0 Å². The predicted molar refractivity (Wildman–Crippen MR) is 112 cm³/mol. The lowest BCUT2D eigenvalue weighted by Crippen LogP contribution is -2.27. The molecule has 2 aromatic heterocycles. The minimum atomic E-state index is -0.104. The Balaban J connectivity index is 1.43. The monoisotopic (exact) mass is 403 g/mol. The minimum Gasteiger partial charge on any atom is -0.448 e. The van der Waals surface area contributed by atoms with Crippen LogP contribution in [0.2, 0.25) is 0 Å². The SMILES string of the molecule is O=C(c1ccccc1)c1ccc2nc(-c3ccc(C(=O)N4CCSC4)o3)[nH]c2c1. The van der Waals surface area contributed by atoms with Gasteiger partial charge >= 0.3 is 0 Å². The number of aromatic amines is 1. The number of H-pyrrole nitrogens is 1. The fraction of sp³-hybridized carbons (Fsp3) is 0.136. The second kappa shape index (κ2) is 7.25. The van der Waals surface area contributed by atoms with E-state index in [9.17, 15) is 9.59 Å². The zero-order chi connectivity index (χ0) is 19.8. The van der Waals surface area contributed by atoms with Gasteiger partial charge in [0, 0.05) is 23.4 Å². The lowest BCUT2D eigenvalue weighted by molar-refractivity contribution is 0.0772. The van der Waals surface area contributed by atoms with Gasteiger partial charge in [0.05, 0.1) is 16.9 Å². The highest BCUT2D eigenvalue weighted by molar-refractivity contribution is 7.99. The van der Waals surface area contributed by atoms with Crippen molar-refractivity contribution >= 4 is 34.5 Å². The number of furan rings is 1. The van der Waals surface area contributed by atoms with E-state index in [0.29, 0.717) is 34.3 Å².